The molecule has 0 aromatic carbocycles. The zero-order valence-electron chi connectivity index (χ0n) is 10.2. The van der Waals surface area contributed by atoms with Crippen molar-refractivity contribution in [1.29, 1.82) is 0 Å². The highest BCUT2D eigenvalue weighted by Crippen LogP contribution is 2.28. The van der Waals surface area contributed by atoms with Gasteiger partial charge in [0.25, 0.3) is 0 Å². The molecule has 1 aliphatic rings. The minimum absolute atomic E-state index is 0.869. The fraction of sp³-hybridized carbons (Fsp3) is 0.500. The lowest BCUT2D eigenvalue weighted by Gasteiger charge is -2.33. The second-order valence-corrected chi connectivity index (χ2v) is 5.42. The molecule has 0 bridgehead atoms. The van der Waals surface area contributed by atoms with E-state index < -0.39 is 0 Å². The van der Waals surface area contributed by atoms with E-state index in [2.05, 4.69) is 38.3 Å². The van der Waals surface area contributed by atoms with E-state index in [0.29, 0.717) is 0 Å². The van der Waals surface area contributed by atoms with Crippen LogP contribution in [0.15, 0.2) is 11.4 Å². The number of hydrogen-bond acceptors (Lipinski definition) is 5. The first kappa shape index (κ1) is 10.9. The van der Waals surface area contributed by atoms with Crippen LogP contribution in [0.5, 0.6) is 0 Å². The summed E-state index contributed by atoms with van der Waals surface area (Å²) in [6.45, 7) is 6.29. The van der Waals surface area contributed by atoms with Crippen LogP contribution in [0.3, 0.4) is 0 Å². The number of fused-ring (bicyclic) bond motifs is 1. The van der Waals surface area contributed by atoms with E-state index in [0.717, 1.165) is 42.7 Å². The predicted molar refractivity (Wildman–Crippen MR) is 71.9 cm³/mol. The van der Waals surface area contributed by atoms with Crippen molar-refractivity contribution in [2.45, 2.75) is 6.92 Å². The number of rotatable bonds is 1. The molecule has 2 aromatic rings. The van der Waals surface area contributed by atoms with Gasteiger partial charge in [-0.25, -0.2) is 9.97 Å². The molecule has 5 heteroatoms. The summed E-state index contributed by atoms with van der Waals surface area (Å²) in [6.07, 6.45) is 0. The smallest absolute Gasteiger partial charge is 0.141 e. The van der Waals surface area contributed by atoms with Crippen LogP contribution in [0, 0.1) is 6.92 Å². The molecule has 0 N–H and O–H groups in total. The summed E-state index contributed by atoms with van der Waals surface area (Å²) in [5.74, 6) is 1.98. The van der Waals surface area contributed by atoms with E-state index in [-0.39, 0.29) is 0 Å². The molecule has 0 spiro atoms. The first-order valence-electron chi connectivity index (χ1n) is 5.89. The van der Waals surface area contributed by atoms with E-state index in [1.807, 2.05) is 6.92 Å². The van der Waals surface area contributed by atoms with Gasteiger partial charge in [0, 0.05) is 26.2 Å². The number of hydrogen-bond donors (Lipinski definition) is 0. The number of piperazine rings is 1. The highest BCUT2D eigenvalue weighted by molar-refractivity contribution is 7.16. The van der Waals surface area contributed by atoms with Gasteiger partial charge in [-0.1, -0.05) is 0 Å². The first-order valence-corrected chi connectivity index (χ1v) is 6.77. The van der Waals surface area contributed by atoms with Gasteiger partial charge < -0.3 is 9.80 Å². The van der Waals surface area contributed by atoms with Crippen molar-refractivity contribution in [3.05, 3.63) is 17.3 Å². The molecule has 1 aliphatic heterocycles. The molecule has 0 saturated carbocycles. The zero-order valence-corrected chi connectivity index (χ0v) is 11.0. The Morgan fingerprint density at radius 2 is 1.94 bits per heavy atom. The Balaban J connectivity index is 2.01. The fourth-order valence-electron chi connectivity index (χ4n) is 2.20. The van der Waals surface area contributed by atoms with Crippen LogP contribution in [-0.4, -0.2) is 48.1 Å². The highest BCUT2D eigenvalue weighted by Gasteiger charge is 2.18. The Labute approximate surface area is 105 Å². The molecular weight excluding hydrogens is 232 g/mol. The van der Waals surface area contributed by atoms with Crippen LogP contribution >= 0.6 is 11.3 Å². The monoisotopic (exact) mass is 248 g/mol. The van der Waals surface area contributed by atoms with E-state index >= 15 is 0 Å². The van der Waals surface area contributed by atoms with Gasteiger partial charge in [-0.2, -0.15) is 0 Å². The standard InChI is InChI=1S/C12H16N4S/c1-9-13-11(10-3-8-17-12(10)14-9)16-6-4-15(2)5-7-16/h3,8H,4-7H2,1-2H3. The number of aromatic nitrogens is 2. The molecule has 0 atom stereocenters. The van der Waals surface area contributed by atoms with Crippen LogP contribution in [0.1, 0.15) is 5.82 Å². The van der Waals surface area contributed by atoms with Gasteiger partial charge in [-0.15, -0.1) is 11.3 Å². The van der Waals surface area contributed by atoms with E-state index in [9.17, 15) is 0 Å². The largest absolute Gasteiger partial charge is 0.353 e. The molecule has 0 aliphatic carbocycles. The van der Waals surface area contributed by atoms with Crippen molar-refractivity contribution in [1.82, 2.24) is 14.9 Å². The number of thiophene rings is 1. The SMILES string of the molecule is Cc1nc(N2CCN(C)CC2)c2ccsc2n1. The normalized spacial score (nSPS) is 17.9. The van der Waals surface area contributed by atoms with Gasteiger partial charge in [0.15, 0.2) is 0 Å². The van der Waals surface area contributed by atoms with Crippen molar-refractivity contribution in [3.63, 3.8) is 0 Å². The maximum Gasteiger partial charge on any atom is 0.141 e. The molecule has 17 heavy (non-hydrogen) atoms. The summed E-state index contributed by atoms with van der Waals surface area (Å²) >= 11 is 1.69. The first-order chi connectivity index (χ1) is 8.24. The molecule has 3 rings (SSSR count). The average molecular weight is 248 g/mol. The van der Waals surface area contributed by atoms with Gasteiger partial charge in [0.05, 0.1) is 5.39 Å². The third kappa shape index (κ3) is 2.00. The van der Waals surface area contributed by atoms with Gasteiger partial charge in [-0.05, 0) is 25.4 Å². The summed E-state index contributed by atoms with van der Waals surface area (Å²) in [4.78, 5) is 14.9. The van der Waals surface area contributed by atoms with E-state index in [1.54, 1.807) is 11.3 Å². The van der Waals surface area contributed by atoms with Gasteiger partial charge >= 0.3 is 0 Å². The molecule has 2 aromatic heterocycles. The van der Waals surface area contributed by atoms with Crippen LogP contribution in [0.2, 0.25) is 0 Å². The number of nitrogens with zero attached hydrogens (tertiary/aromatic N) is 4. The topological polar surface area (TPSA) is 32.3 Å². The maximum atomic E-state index is 4.63. The Bertz CT molecular complexity index is 528. The number of anilines is 1. The molecule has 4 nitrogen and oxygen atoms in total. The van der Waals surface area contributed by atoms with Crippen molar-refractivity contribution >= 4 is 27.4 Å². The molecule has 1 saturated heterocycles. The summed E-state index contributed by atoms with van der Waals surface area (Å²) in [6, 6.07) is 2.13. The Morgan fingerprint density at radius 1 is 1.18 bits per heavy atom. The summed E-state index contributed by atoms with van der Waals surface area (Å²) in [7, 11) is 2.17. The molecule has 90 valence electrons. The molecule has 0 amide bonds. The summed E-state index contributed by atoms with van der Waals surface area (Å²) < 4.78 is 0. The number of likely N-dealkylation sites (N-methyl/N-ethyl adjacent to an activating group) is 1. The second kappa shape index (κ2) is 4.23. The van der Waals surface area contributed by atoms with Crippen molar-refractivity contribution < 1.29 is 0 Å². The lowest BCUT2D eigenvalue weighted by molar-refractivity contribution is 0.312. The second-order valence-electron chi connectivity index (χ2n) is 4.52. The number of aryl methyl sites for hydroxylation is 1. The third-order valence-electron chi connectivity index (χ3n) is 3.22. The summed E-state index contributed by atoms with van der Waals surface area (Å²) in [5, 5.41) is 3.29. The Hall–Kier alpha value is -1.20. The third-order valence-corrected chi connectivity index (χ3v) is 4.03. The van der Waals surface area contributed by atoms with Crippen LogP contribution < -0.4 is 4.90 Å². The van der Waals surface area contributed by atoms with Gasteiger partial charge in [0.2, 0.25) is 0 Å². The zero-order chi connectivity index (χ0) is 11.8. The quantitative estimate of drug-likeness (QED) is 0.769. The Morgan fingerprint density at radius 3 is 2.71 bits per heavy atom. The maximum absolute atomic E-state index is 4.63. The molecule has 3 heterocycles. The summed E-state index contributed by atoms with van der Waals surface area (Å²) in [5.41, 5.74) is 0. The van der Waals surface area contributed by atoms with Crippen LogP contribution in [0.4, 0.5) is 5.82 Å². The minimum Gasteiger partial charge on any atom is -0.353 e. The van der Waals surface area contributed by atoms with Crippen LogP contribution in [-0.2, 0) is 0 Å². The van der Waals surface area contributed by atoms with Gasteiger partial charge in [-0.3, -0.25) is 0 Å². The Kier molecular flexibility index (Phi) is 2.72. The molecule has 0 unspecified atom stereocenters. The van der Waals surface area contributed by atoms with E-state index in [4.69, 9.17) is 0 Å². The van der Waals surface area contributed by atoms with E-state index in [1.165, 1.54) is 5.39 Å². The van der Waals surface area contributed by atoms with Gasteiger partial charge in [0.1, 0.15) is 16.5 Å². The van der Waals surface area contributed by atoms with Crippen molar-refractivity contribution in [2.75, 3.05) is 38.1 Å². The molecule has 1 fully saturated rings. The van der Waals surface area contributed by atoms with Crippen molar-refractivity contribution in [2.24, 2.45) is 0 Å². The predicted octanol–water partition coefficient (Wildman–Crippen LogP) is 1.75. The highest BCUT2D eigenvalue weighted by atomic mass is 32.1. The lowest BCUT2D eigenvalue weighted by Crippen LogP contribution is -2.44. The molecule has 0 radical (unpaired) electrons. The van der Waals surface area contributed by atoms with Crippen LogP contribution in [0.25, 0.3) is 10.2 Å². The lowest BCUT2D eigenvalue weighted by atomic mass is 10.3. The minimum atomic E-state index is 0.869. The van der Waals surface area contributed by atoms with Crippen molar-refractivity contribution in [3.8, 4) is 0 Å². The fourth-order valence-corrected chi connectivity index (χ4v) is 3.01. The average Bonchev–Trinajstić information content (AvgIpc) is 2.77. The molecular formula is C12H16N4S.